The van der Waals surface area contributed by atoms with Crippen LogP contribution in [-0.2, 0) is 23.9 Å². The fourth-order valence-corrected chi connectivity index (χ4v) is 7.36. The maximum atomic E-state index is 14.5. The van der Waals surface area contributed by atoms with E-state index >= 15 is 0 Å². The summed E-state index contributed by atoms with van der Waals surface area (Å²) in [6.45, 7) is 22.0. The van der Waals surface area contributed by atoms with Crippen molar-refractivity contribution in [2.24, 2.45) is 23.2 Å². The van der Waals surface area contributed by atoms with Crippen LogP contribution in [0, 0.1) is 23.2 Å². The highest BCUT2D eigenvalue weighted by atomic mass is 16.6. The minimum absolute atomic E-state index is 0.0121. The number of carbonyl (C=O) groups is 3. The molecule has 3 saturated heterocycles. The number of hydrogen-bond donors (Lipinski definition) is 1. The van der Waals surface area contributed by atoms with Crippen molar-refractivity contribution in [2.75, 3.05) is 26.3 Å². The molecule has 3 fully saturated rings. The molecule has 3 aliphatic rings. The van der Waals surface area contributed by atoms with Crippen LogP contribution in [0.1, 0.15) is 67.7 Å². The van der Waals surface area contributed by atoms with Gasteiger partial charge < -0.3 is 24.4 Å². The number of nitrogens with zero attached hydrogens (tertiary/aromatic N) is 2. The summed E-state index contributed by atoms with van der Waals surface area (Å²) in [6.07, 6.45) is 5.07. The van der Waals surface area contributed by atoms with Gasteiger partial charge in [-0.05, 0) is 51.4 Å². The van der Waals surface area contributed by atoms with E-state index in [0.29, 0.717) is 19.4 Å². The van der Waals surface area contributed by atoms with E-state index < -0.39 is 40.6 Å². The minimum Gasteiger partial charge on any atom is -0.465 e. The van der Waals surface area contributed by atoms with E-state index in [1.54, 1.807) is 17.1 Å². The lowest BCUT2D eigenvalue weighted by Crippen LogP contribution is -2.61. The van der Waals surface area contributed by atoms with Gasteiger partial charge in [-0.3, -0.25) is 14.4 Å². The average Bonchev–Trinajstić information content (AvgIpc) is 3.27. The SMILES string of the molecule is C=CCCOC(=O)[C@@H]1[C@H]2C(=O)N(CCO)C(C(=O)N(CC=C)C(C)(C)CC(C)(C)C)C23CC(C)[C@@]1(C)O3. The van der Waals surface area contributed by atoms with E-state index in [2.05, 4.69) is 33.9 Å². The maximum absolute atomic E-state index is 14.5. The summed E-state index contributed by atoms with van der Waals surface area (Å²) in [5.41, 5.74) is -2.69. The van der Waals surface area contributed by atoms with Crippen LogP contribution in [0.5, 0.6) is 0 Å². The van der Waals surface area contributed by atoms with Crippen LogP contribution >= 0.6 is 0 Å². The lowest BCUT2D eigenvalue weighted by atomic mass is 9.62. The van der Waals surface area contributed by atoms with Crippen LogP contribution in [-0.4, -0.2) is 81.8 Å². The summed E-state index contributed by atoms with van der Waals surface area (Å²) < 4.78 is 12.3. The molecule has 208 valence electrons. The number of fused-ring (bicyclic) bond motifs is 1. The van der Waals surface area contributed by atoms with Gasteiger partial charge in [0, 0.05) is 18.6 Å². The average molecular weight is 519 g/mol. The van der Waals surface area contributed by atoms with Gasteiger partial charge in [0.25, 0.3) is 0 Å². The molecule has 3 rings (SSSR count). The standard InChI is InChI=1S/C29H46N2O6/c1-10-12-16-36-25(35)21-20-23(33)30(14-15-32)22(29(20)17-19(3)28(21,9)37-29)24(34)31(13-11-2)27(7,8)18-26(4,5)6/h10-11,19-22,32H,1-2,12-18H2,3-9H3/t19?,20-,21-,22?,28+,29?/m0/s1. The Morgan fingerprint density at radius 3 is 2.43 bits per heavy atom. The Bertz CT molecular complexity index is 939. The molecule has 37 heavy (non-hydrogen) atoms. The van der Waals surface area contributed by atoms with Crippen molar-refractivity contribution in [1.82, 2.24) is 9.80 Å². The molecule has 0 aromatic carbocycles. The first-order valence-electron chi connectivity index (χ1n) is 13.4. The number of β-amino-alcohol motifs (C(OH)–C–C–N with tert-alkyl or cyclic N) is 1. The van der Waals surface area contributed by atoms with Crippen molar-refractivity contribution in [3.8, 4) is 0 Å². The molecule has 2 bridgehead atoms. The summed E-state index contributed by atoms with van der Waals surface area (Å²) in [5.74, 6) is -2.81. The third kappa shape index (κ3) is 4.87. The second kappa shape index (κ2) is 10.2. The Morgan fingerprint density at radius 1 is 1.24 bits per heavy atom. The third-order valence-electron chi connectivity index (χ3n) is 8.48. The fraction of sp³-hybridized carbons (Fsp3) is 0.759. The highest BCUT2D eigenvalue weighted by Gasteiger charge is 2.80. The first-order valence-corrected chi connectivity index (χ1v) is 13.4. The second-order valence-corrected chi connectivity index (χ2v) is 13.0. The van der Waals surface area contributed by atoms with Gasteiger partial charge in [-0.25, -0.2) is 0 Å². The largest absolute Gasteiger partial charge is 0.465 e. The van der Waals surface area contributed by atoms with Crippen LogP contribution < -0.4 is 0 Å². The van der Waals surface area contributed by atoms with Crippen molar-refractivity contribution in [3.63, 3.8) is 0 Å². The highest BCUT2D eigenvalue weighted by Crippen LogP contribution is 2.65. The quantitative estimate of drug-likeness (QED) is 0.256. The van der Waals surface area contributed by atoms with Gasteiger partial charge in [-0.15, -0.1) is 13.2 Å². The number of esters is 1. The van der Waals surface area contributed by atoms with Gasteiger partial charge in [-0.2, -0.15) is 0 Å². The summed E-state index contributed by atoms with van der Waals surface area (Å²) in [7, 11) is 0. The zero-order valence-corrected chi connectivity index (χ0v) is 23.7. The molecular formula is C29H46N2O6. The molecular weight excluding hydrogens is 472 g/mol. The Balaban J connectivity index is 2.09. The van der Waals surface area contributed by atoms with Crippen molar-refractivity contribution in [3.05, 3.63) is 25.3 Å². The molecule has 0 radical (unpaired) electrons. The van der Waals surface area contributed by atoms with Gasteiger partial charge in [-0.1, -0.05) is 39.8 Å². The van der Waals surface area contributed by atoms with Gasteiger partial charge in [0.05, 0.1) is 24.7 Å². The topological polar surface area (TPSA) is 96.4 Å². The smallest absolute Gasteiger partial charge is 0.312 e. The van der Waals surface area contributed by atoms with Crippen molar-refractivity contribution < 1.29 is 29.0 Å². The normalized spacial score (nSPS) is 32.9. The van der Waals surface area contributed by atoms with Gasteiger partial charge in [0.15, 0.2) is 0 Å². The number of likely N-dealkylation sites (tertiary alicyclic amines) is 1. The van der Waals surface area contributed by atoms with E-state index in [1.807, 2.05) is 27.7 Å². The Hall–Kier alpha value is -2.19. The number of aliphatic hydroxyl groups is 1. The van der Waals surface area contributed by atoms with Crippen LogP contribution in [0.2, 0.25) is 0 Å². The van der Waals surface area contributed by atoms with E-state index in [-0.39, 0.29) is 42.9 Å². The molecule has 3 unspecified atom stereocenters. The fourth-order valence-electron chi connectivity index (χ4n) is 7.36. The van der Waals surface area contributed by atoms with E-state index in [1.165, 1.54) is 4.90 Å². The zero-order valence-electron chi connectivity index (χ0n) is 23.7. The summed E-state index contributed by atoms with van der Waals surface area (Å²) >= 11 is 0. The molecule has 1 N–H and O–H groups in total. The zero-order chi connectivity index (χ0) is 28.0. The van der Waals surface area contributed by atoms with Gasteiger partial charge in [0.1, 0.15) is 17.6 Å². The number of amides is 2. The highest BCUT2D eigenvalue weighted by molar-refractivity contribution is 5.98. The summed E-state index contributed by atoms with van der Waals surface area (Å²) in [4.78, 5) is 45.1. The van der Waals surface area contributed by atoms with E-state index in [4.69, 9.17) is 9.47 Å². The van der Waals surface area contributed by atoms with E-state index in [0.717, 1.165) is 6.42 Å². The molecule has 1 spiro atoms. The second-order valence-electron chi connectivity index (χ2n) is 13.0. The third-order valence-corrected chi connectivity index (χ3v) is 8.48. The first-order chi connectivity index (χ1) is 17.1. The minimum atomic E-state index is -1.17. The van der Waals surface area contributed by atoms with Crippen molar-refractivity contribution >= 4 is 17.8 Å². The molecule has 8 nitrogen and oxygen atoms in total. The monoisotopic (exact) mass is 518 g/mol. The summed E-state index contributed by atoms with van der Waals surface area (Å²) in [5, 5.41) is 9.87. The Kier molecular flexibility index (Phi) is 8.08. The van der Waals surface area contributed by atoms with Gasteiger partial charge >= 0.3 is 5.97 Å². The number of aliphatic hydroxyl groups excluding tert-OH is 1. The lowest BCUT2D eigenvalue weighted by Gasteiger charge is -2.45. The molecule has 0 aliphatic carbocycles. The van der Waals surface area contributed by atoms with Crippen molar-refractivity contribution in [2.45, 2.75) is 90.5 Å². The molecule has 6 atom stereocenters. The number of hydrogen-bond acceptors (Lipinski definition) is 6. The van der Waals surface area contributed by atoms with Crippen LogP contribution in [0.15, 0.2) is 25.3 Å². The molecule has 2 amide bonds. The number of carbonyl (C=O) groups excluding carboxylic acids is 3. The van der Waals surface area contributed by atoms with Crippen LogP contribution in [0.25, 0.3) is 0 Å². The lowest BCUT2D eigenvalue weighted by molar-refractivity contribution is -0.163. The van der Waals surface area contributed by atoms with Crippen molar-refractivity contribution in [1.29, 1.82) is 0 Å². The molecule has 0 aromatic rings. The Labute approximate surface area is 222 Å². The van der Waals surface area contributed by atoms with E-state index in [9.17, 15) is 19.5 Å². The predicted octanol–water partition coefficient (Wildman–Crippen LogP) is 3.34. The maximum Gasteiger partial charge on any atom is 0.312 e. The summed E-state index contributed by atoms with van der Waals surface area (Å²) in [6, 6.07) is -0.952. The van der Waals surface area contributed by atoms with Gasteiger partial charge in [0.2, 0.25) is 11.8 Å². The molecule has 3 aliphatic heterocycles. The Morgan fingerprint density at radius 2 is 1.89 bits per heavy atom. The van der Waals surface area contributed by atoms with Crippen LogP contribution in [0.3, 0.4) is 0 Å². The molecule has 8 heteroatoms. The molecule has 0 aromatic heterocycles. The molecule has 3 heterocycles. The predicted molar refractivity (Wildman–Crippen MR) is 141 cm³/mol. The number of rotatable bonds is 11. The molecule has 0 saturated carbocycles. The number of ether oxygens (including phenoxy) is 2. The first kappa shape index (κ1) is 29.4. The van der Waals surface area contributed by atoms with Crippen LogP contribution in [0.4, 0.5) is 0 Å².